The van der Waals surface area contributed by atoms with Crippen LogP contribution in [0.25, 0.3) is 33.1 Å². The molecule has 0 saturated carbocycles. The van der Waals surface area contributed by atoms with Gasteiger partial charge in [0.2, 0.25) is 10.0 Å². The third kappa shape index (κ3) is 3.49. The predicted octanol–water partition coefficient (Wildman–Crippen LogP) is 4.23. The lowest BCUT2D eigenvalue weighted by molar-refractivity contribution is 0.581. The Morgan fingerprint density at radius 2 is 1.80 bits per heavy atom. The highest BCUT2D eigenvalue weighted by atomic mass is 32.2. The van der Waals surface area contributed by atoms with Gasteiger partial charge in [0.15, 0.2) is 0 Å². The Hall–Kier alpha value is -3.42. The summed E-state index contributed by atoms with van der Waals surface area (Å²) < 4.78 is 28.0. The minimum Gasteiger partial charge on any atom is -0.358 e. The maximum Gasteiger partial charge on any atom is 0.240 e. The highest BCUT2D eigenvalue weighted by Crippen LogP contribution is 2.27. The van der Waals surface area contributed by atoms with Crippen molar-refractivity contribution in [1.82, 2.24) is 19.7 Å². The highest BCUT2D eigenvalue weighted by molar-refractivity contribution is 7.89. The molecule has 3 N–H and O–H groups in total. The van der Waals surface area contributed by atoms with E-state index in [1.807, 2.05) is 54.7 Å². The van der Waals surface area contributed by atoms with Crippen LogP contribution in [0.3, 0.4) is 0 Å². The molecule has 0 aliphatic heterocycles. The summed E-state index contributed by atoms with van der Waals surface area (Å²) in [6.45, 7) is 0.325. The molecule has 0 bridgehead atoms. The van der Waals surface area contributed by atoms with Gasteiger partial charge in [0.05, 0.1) is 4.90 Å². The summed E-state index contributed by atoms with van der Waals surface area (Å²) in [5, 5.41) is 2.13. The summed E-state index contributed by atoms with van der Waals surface area (Å²) in [5.41, 5.74) is 4.82. The number of fused-ring (bicyclic) bond motifs is 2. The Balaban J connectivity index is 1.30. The molecule has 5 rings (SSSR count). The number of nitrogens with one attached hydrogen (secondary N) is 3. The average Bonchev–Trinajstić information content (AvgIpc) is 3.40. The monoisotopic (exact) mass is 416 g/mol. The Morgan fingerprint density at radius 3 is 2.63 bits per heavy atom. The lowest BCUT2D eigenvalue weighted by Crippen LogP contribution is -2.26. The summed E-state index contributed by atoms with van der Waals surface area (Å²) in [5.74, 6) is 0. The van der Waals surface area contributed by atoms with Crippen molar-refractivity contribution in [2.75, 3.05) is 6.54 Å². The molecule has 2 aromatic carbocycles. The normalized spacial score (nSPS) is 12.0. The third-order valence-electron chi connectivity index (χ3n) is 5.21. The zero-order valence-electron chi connectivity index (χ0n) is 16.1. The number of benzene rings is 2. The number of para-hydroxylation sites is 1. The van der Waals surface area contributed by atoms with Gasteiger partial charge in [-0.05, 0) is 52.9 Å². The van der Waals surface area contributed by atoms with Gasteiger partial charge >= 0.3 is 0 Å². The topological polar surface area (TPSA) is 90.6 Å². The molecule has 150 valence electrons. The minimum absolute atomic E-state index is 0.252. The fourth-order valence-electron chi connectivity index (χ4n) is 3.70. The number of hydrogen-bond donors (Lipinski definition) is 3. The van der Waals surface area contributed by atoms with Crippen molar-refractivity contribution < 1.29 is 8.42 Å². The van der Waals surface area contributed by atoms with E-state index in [1.165, 1.54) is 0 Å². The molecule has 0 radical (unpaired) electrons. The number of hydrogen-bond acceptors (Lipinski definition) is 3. The van der Waals surface area contributed by atoms with Crippen LogP contribution in [0.2, 0.25) is 0 Å². The molecule has 0 atom stereocenters. The van der Waals surface area contributed by atoms with Gasteiger partial charge in [-0.1, -0.05) is 30.3 Å². The van der Waals surface area contributed by atoms with Crippen molar-refractivity contribution >= 4 is 32.0 Å². The van der Waals surface area contributed by atoms with Gasteiger partial charge in [-0.2, -0.15) is 0 Å². The second kappa shape index (κ2) is 7.44. The van der Waals surface area contributed by atoms with Crippen molar-refractivity contribution in [3.63, 3.8) is 0 Å². The molecule has 0 saturated heterocycles. The SMILES string of the molecule is O=S(=O)(NCCc1cc2ccccc2[nH]1)c1ccc(-c2ccnc3[nH]ccc23)cc1. The highest BCUT2D eigenvalue weighted by Gasteiger charge is 2.14. The van der Waals surface area contributed by atoms with E-state index >= 15 is 0 Å². The van der Waals surface area contributed by atoms with E-state index in [0.717, 1.165) is 38.8 Å². The molecule has 0 unspecified atom stereocenters. The van der Waals surface area contributed by atoms with Gasteiger partial charge < -0.3 is 9.97 Å². The van der Waals surface area contributed by atoms with Crippen molar-refractivity contribution in [1.29, 1.82) is 0 Å². The lowest BCUT2D eigenvalue weighted by atomic mass is 10.0. The largest absolute Gasteiger partial charge is 0.358 e. The van der Waals surface area contributed by atoms with Crippen LogP contribution >= 0.6 is 0 Å². The Bertz CT molecular complexity index is 1400. The second-order valence-corrected chi connectivity index (χ2v) is 8.92. The predicted molar refractivity (Wildman–Crippen MR) is 119 cm³/mol. The fourth-order valence-corrected chi connectivity index (χ4v) is 4.73. The van der Waals surface area contributed by atoms with Crippen LogP contribution in [0.15, 0.2) is 84.0 Å². The van der Waals surface area contributed by atoms with Gasteiger partial charge in [0.1, 0.15) is 5.65 Å². The first-order valence-corrected chi connectivity index (χ1v) is 11.2. The van der Waals surface area contributed by atoms with E-state index in [2.05, 4.69) is 25.7 Å². The van der Waals surface area contributed by atoms with Crippen LogP contribution in [0.4, 0.5) is 0 Å². The molecular formula is C23H20N4O2S. The third-order valence-corrected chi connectivity index (χ3v) is 6.68. The Kier molecular flexibility index (Phi) is 4.61. The second-order valence-electron chi connectivity index (χ2n) is 7.15. The number of H-pyrrole nitrogens is 2. The smallest absolute Gasteiger partial charge is 0.240 e. The van der Waals surface area contributed by atoms with Crippen LogP contribution < -0.4 is 4.72 Å². The molecular weight excluding hydrogens is 396 g/mol. The molecule has 0 aliphatic rings. The van der Waals surface area contributed by atoms with Crippen molar-refractivity contribution in [2.45, 2.75) is 11.3 Å². The van der Waals surface area contributed by atoms with E-state index < -0.39 is 10.0 Å². The summed E-state index contributed by atoms with van der Waals surface area (Å²) in [4.78, 5) is 11.0. The van der Waals surface area contributed by atoms with Crippen LogP contribution in [0.5, 0.6) is 0 Å². The van der Waals surface area contributed by atoms with E-state index in [0.29, 0.717) is 13.0 Å². The number of pyridine rings is 1. The lowest BCUT2D eigenvalue weighted by Gasteiger charge is -2.08. The molecule has 0 spiro atoms. The van der Waals surface area contributed by atoms with Crippen molar-refractivity contribution in [2.24, 2.45) is 0 Å². The number of rotatable bonds is 6. The zero-order valence-corrected chi connectivity index (χ0v) is 16.9. The summed E-state index contributed by atoms with van der Waals surface area (Å²) >= 11 is 0. The summed E-state index contributed by atoms with van der Waals surface area (Å²) in [6, 6.07) is 20.9. The molecule has 3 heterocycles. The van der Waals surface area contributed by atoms with Crippen LogP contribution in [-0.4, -0.2) is 29.9 Å². The van der Waals surface area contributed by atoms with E-state index in [4.69, 9.17) is 0 Å². The van der Waals surface area contributed by atoms with Crippen LogP contribution in [0, 0.1) is 0 Å². The number of sulfonamides is 1. The van der Waals surface area contributed by atoms with Gasteiger partial charge in [-0.15, -0.1) is 0 Å². The maximum atomic E-state index is 12.7. The molecule has 0 aliphatic carbocycles. The van der Waals surface area contributed by atoms with E-state index in [9.17, 15) is 8.42 Å². The quantitative estimate of drug-likeness (QED) is 0.387. The first-order chi connectivity index (χ1) is 14.6. The van der Waals surface area contributed by atoms with Gasteiger partial charge in [0, 0.05) is 42.0 Å². The molecule has 0 amide bonds. The number of aromatic nitrogens is 3. The number of nitrogens with zero attached hydrogens (tertiary/aromatic N) is 1. The molecule has 30 heavy (non-hydrogen) atoms. The van der Waals surface area contributed by atoms with Gasteiger partial charge in [0.25, 0.3) is 0 Å². The van der Waals surface area contributed by atoms with Crippen molar-refractivity contribution in [3.8, 4) is 11.1 Å². The Labute approximate surface area is 174 Å². The fraction of sp³-hybridized carbons (Fsp3) is 0.0870. The molecule has 5 aromatic rings. The maximum absolute atomic E-state index is 12.7. The minimum atomic E-state index is -3.57. The van der Waals surface area contributed by atoms with Crippen LogP contribution in [0.1, 0.15) is 5.69 Å². The summed E-state index contributed by atoms with van der Waals surface area (Å²) in [6.07, 6.45) is 4.18. The van der Waals surface area contributed by atoms with Crippen LogP contribution in [-0.2, 0) is 16.4 Å². The van der Waals surface area contributed by atoms with Crippen molar-refractivity contribution in [3.05, 3.63) is 84.8 Å². The zero-order chi connectivity index (χ0) is 20.6. The van der Waals surface area contributed by atoms with Gasteiger partial charge in [-0.25, -0.2) is 18.1 Å². The molecule has 0 fully saturated rings. The first kappa shape index (κ1) is 18.6. The molecule has 6 nitrogen and oxygen atoms in total. The first-order valence-electron chi connectivity index (χ1n) is 9.69. The Morgan fingerprint density at radius 1 is 0.967 bits per heavy atom. The number of aromatic amines is 2. The van der Waals surface area contributed by atoms with E-state index in [1.54, 1.807) is 18.3 Å². The summed E-state index contributed by atoms with van der Waals surface area (Å²) in [7, 11) is -3.57. The average molecular weight is 417 g/mol. The van der Waals surface area contributed by atoms with E-state index in [-0.39, 0.29) is 4.90 Å². The van der Waals surface area contributed by atoms with Gasteiger partial charge in [-0.3, -0.25) is 0 Å². The molecule has 7 heteroatoms. The molecule has 3 aromatic heterocycles. The standard InChI is InChI=1S/C23H20N4O2S/c28-30(29,26-14-9-18-15-17-3-1-2-4-22(17)27-18)19-7-5-16(6-8-19)20-10-12-24-23-21(20)11-13-25-23/h1-8,10-13,15,26-27H,9,14H2,(H,24,25).